The second-order valence-corrected chi connectivity index (χ2v) is 5.81. The van der Waals surface area contributed by atoms with Crippen LogP contribution in [0.4, 0.5) is 0 Å². The van der Waals surface area contributed by atoms with E-state index in [9.17, 15) is 9.00 Å². The van der Waals surface area contributed by atoms with Gasteiger partial charge in [0, 0.05) is 11.1 Å². The van der Waals surface area contributed by atoms with Crippen molar-refractivity contribution >= 4 is 40.0 Å². The summed E-state index contributed by atoms with van der Waals surface area (Å²) in [5.74, 6) is -1.03. The van der Waals surface area contributed by atoms with E-state index in [2.05, 4.69) is 5.16 Å². The van der Waals surface area contributed by atoms with Crippen LogP contribution in [0.5, 0.6) is 0 Å². The van der Waals surface area contributed by atoms with Gasteiger partial charge in [-0.3, -0.25) is 4.21 Å². The summed E-state index contributed by atoms with van der Waals surface area (Å²) >= 11 is 11.7. The van der Waals surface area contributed by atoms with Gasteiger partial charge in [-0.1, -0.05) is 28.4 Å². The lowest BCUT2D eigenvalue weighted by atomic mass is 10.4. The Morgan fingerprint density at radius 2 is 2.11 bits per heavy atom. The van der Waals surface area contributed by atoms with Crippen molar-refractivity contribution in [3.63, 3.8) is 0 Å². The number of carboxylic acid groups (broad SMARTS) is 1. The van der Waals surface area contributed by atoms with Crippen LogP contribution in [0.25, 0.3) is 0 Å². The van der Waals surface area contributed by atoms with Gasteiger partial charge in [-0.05, 0) is 18.2 Å². The maximum atomic E-state index is 12.1. The number of carbonyl (C=O) groups is 1. The van der Waals surface area contributed by atoms with Crippen LogP contribution in [0, 0.1) is 0 Å². The first-order valence-corrected chi connectivity index (χ1v) is 7.07. The molecule has 1 N–H and O–H groups in total. The smallest absolute Gasteiger partial charge is 0.358 e. The summed E-state index contributed by atoms with van der Waals surface area (Å²) in [5.41, 5.74) is -0.232. The minimum absolute atomic E-state index is 0.0274. The highest BCUT2D eigenvalue weighted by molar-refractivity contribution is 7.84. The van der Waals surface area contributed by atoms with E-state index in [1.807, 2.05) is 0 Å². The quantitative estimate of drug-likeness (QED) is 0.936. The number of hydrogen-bond donors (Lipinski definition) is 1. The fourth-order valence-corrected chi connectivity index (χ4v) is 3.05. The number of halogens is 2. The molecule has 0 saturated carbocycles. The Bertz CT molecular complexity index is 656. The zero-order valence-electron chi connectivity index (χ0n) is 9.30. The van der Waals surface area contributed by atoms with E-state index >= 15 is 0 Å². The first-order chi connectivity index (χ1) is 8.97. The fraction of sp³-hybridized carbons (Fsp3) is 0.0909. The van der Waals surface area contributed by atoms with Gasteiger partial charge >= 0.3 is 5.97 Å². The van der Waals surface area contributed by atoms with E-state index in [-0.39, 0.29) is 17.2 Å². The third-order valence-electron chi connectivity index (χ3n) is 2.19. The lowest BCUT2D eigenvalue weighted by Crippen LogP contribution is -1.97. The molecule has 0 bridgehead atoms. The van der Waals surface area contributed by atoms with Crippen molar-refractivity contribution in [3.8, 4) is 0 Å². The van der Waals surface area contributed by atoms with Crippen LogP contribution in [0.2, 0.25) is 10.0 Å². The number of hydrogen-bond acceptors (Lipinski definition) is 4. The topological polar surface area (TPSA) is 80.4 Å². The van der Waals surface area contributed by atoms with Gasteiger partial charge in [-0.2, -0.15) is 0 Å². The van der Waals surface area contributed by atoms with Gasteiger partial charge in [-0.25, -0.2) is 4.79 Å². The highest BCUT2D eigenvalue weighted by atomic mass is 35.5. The van der Waals surface area contributed by atoms with Crippen molar-refractivity contribution in [2.75, 3.05) is 0 Å². The van der Waals surface area contributed by atoms with E-state index in [0.29, 0.717) is 14.9 Å². The van der Waals surface area contributed by atoms with Crippen molar-refractivity contribution in [3.05, 3.63) is 45.8 Å². The number of nitrogens with zero attached hydrogens (tertiary/aromatic N) is 1. The highest BCUT2D eigenvalue weighted by Crippen LogP contribution is 2.25. The number of rotatable bonds is 4. The molecule has 100 valence electrons. The third kappa shape index (κ3) is 3.34. The molecule has 0 saturated heterocycles. The van der Waals surface area contributed by atoms with Gasteiger partial charge in [0.15, 0.2) is 5.69 Å². The number of aromatic carboxylic acids is 1. The molecule has 8 heteroatoms. The molecule has 0 aliphatic rings. The lowest BCUT2D eigenvalue weighted by molar-refractivity contribution is 0.0685. The molecule has 1 aromatic carbocycles. The molecule has 5 nitrogen and oxygen atoms in total. The lowest BCUT2D eigenvalue weighted by Gasteiger charge is -2.03. The average molecular weight is 320 g/mol. The van der Waals surface area contributed by atoms with E-state index in [4.69, 9.17) is 32.8 Å². The van der Waals surface area contributed by atoms with Gasteiger partial charge < -0.3 is 9.63 Å². The Balaban J connectivity index is 2.20. The minimum atomic E-state index is -1.50. The van der Waals surface area contributed by atoms with E-state index in [1.165, 1.54) is 12.1 Å². The molecule has 0 aliphatic heterocycles. The second-order valence-electron chi connectivity index (χ2n) is 3.55. The van der Waals surface area contributed by atoms with Crippen molar-refractivity contribution in [1.29, 1.82) is 0 Å². The molecule has 0 aliphatic carbocycles. The number of carboxylic acids is 1. The summed E-state index contributed by atoms with van der Waals surface area (Å²) in [4.78, 5) is 11.0. The molecule has 1 aromatic heterocycles. The first kappa shape index (κ1) is 14.0. The Labute approximate surface area is 120 Å². The van der Waals surface area contributed by atoms with Gasteiger partial charge in [0.25, 0.3) is 0 Å². The normalized spacial score (nSPS) is 12.3. The summed E-state index contributed by atoms with van der Waals surface area (Å²) in [7, 11) is -1.50. The standard InChI is InChI=1S/C11H7Cl2NO4S/c12-6-1-2-8(13)10(3-6)19(17)5-7-4-9(11(15)16)14-18-7/h1-4H,5H2,(H,15,16). The Hall–Kier alpha value is -1.37. The molecule has 0 fully saturated rings. The van der Waals surface area contributed by atoms with Crippen LogP contribution in [-0.2, 0) is 16.6 Å². The van der Waals surface area contributed by atoms with Crippen LogP contribution < -0.4 is 0 Å². The molecule has 1 atom stereocenters. The molecule has 2 aromatic rings. The average Bonchev–Trinajstić information content (AvgIpc) is 2.80. The molecule has 19 heavy (non-hydrogen) atoms. The predicted molar refractivity (Wildman–Crippen MR) is 70.0 cm³/mol. The van der Waals surface area contributed by atoms with Gasteiger partial charge in [0.2, 0.25) is 0 Å². The van der Waals surface area contributed by atoms with Crippen molar-refractivity contribution in [1.82, 2.24) is 5.16 Å². The summed E-state index contributed by atoms with van der Waals surface area (Å²) in [6.45, 7) is 0. The van der Waals surface area contributed by atoms with Crippen molar-refractivity contribution < 1.29 is 18.6 Å². The van der Waals surface area contributed by atoms with Crippen LogP contribution in [0.3, 0.4) is 0 Å². The molecular formula is C11H7Cl2NO4S. The summed E-state index contributed by atoms with van der Waals surface area (Å²) in [6.07, 6.45) is 0. The Morgan fingerprint density at radius 3 is 2.74 bits per heavy atom. The monoisotopic (exact) mass is 319 g/mol. The van der Waals surface area contributed by atoms with Crippen LogP contribution in [-0.4, -0.2) is 20.4 Å². The van der Waals surface area contributed by atoms with E-state index < -0.39 is 16.8 Å². The SMILES string of the molecule is O=C(O)c1cc(CS(=O)c2cc(Cl)ccc2Cl)on1. The molecule has 1 heterocycles. The summed E-state index contributed by atoms with van der Waals surface area (Å²) in [6, 6.07) is 5.84. The van der Waals surface area contributed by atoms with Crippen molar-refractivity contribution in [2.24, 2.45) is 0 Å². The maximum absolute atomic E-state index is 12.1. The molecule has 2 rings (SSSR count). The van der Waals surface area contributed by atoms with Crippen LogP contribution in [0.1, 0.15) is 16.2 Å². The summed E-state index contributed by atoms with van der Waals surface area (Å²) < 4.78 is 16.9. The molecular weight excluding hydrogens is 313 g/mol. The zero-order chi connectivity index (χ0) is 14.0. The molecule has 1 unspecified atom stereocenters. The van der Waals surface area contributed by atoms with Crippen molar-refractivity contribution in [2.45, 2.75) is 10.6 Å². The van der Waals surface area contributed by atoms with E-state index in [1.54, 1.807) is 12.1 Å². The largest absolute Gasteiger partial charge is 0.476 e. The first-order valence-electron chi connectivity index (χ1n) is 4.99. The van der Waals surface area contributed by atoms with Gasteiger partial charge in [0.1, 0.15) is 5.76 Å². The summed E-state index contributed by atoms with van der Waals surface area (Å²) in [5, 5.41) is 12.8. The third-order valence-corrected chi connectivity index (χ3v) is 4.24. The Kier molecular flexibility index (Phi) is 4.24. The van der Waals surface area contributed by atoms with Crippen LogP contribution >= 0.6 is 23.2 Å². The molecule has 0 amide bonds. The Morgan fingerprint density at radius 1 is 1.37 bits per heavy atom. The van der Waals surface area contributed by atoms with Crippen LogP contribution in [0.15, 0.2) is 33.7 Å². The second kappa shape index (κ2) is 5.73. The minimum Gasteiger partial charge on any atom is -0.476 e. The van der Waals surface area contributed by atoms with Gasteiger partial charge in [0.05, 0.1) is 26.5 Å². The maximum Gasteiger partial charge on any atom is 0.358 e. The number of aromatic nitrogens is 1. The predicted octanol–water partition coefficient (Wildman–Crippen LogP) is 2.99. The highest BCUT2D eigenvalue weighted by Gasteiger charge is 2.16. The molecule has 0 radical (unpaired) electrons. The van der Waals surface area contributed by atoms with Gasteiger partial charge in [-0.15, -0.1) is 0 Å². The zero-order valence-corrected chi connectivity index (χ0v) is 11.6. The fourth-order valence-electron chi connectivity index (χ4n) is 1.34. The molecule has 0 spiro atoms. The number of benzene rings is 1. The van der Waals surface area contributed by atoms with E-state index in [0.717, 1.165) is 0 Å².